The van der Waals surface area contributed by atoms with E-state index in [9.17, 15) is 0 Å². The van der Waals surface area contributed by atoms with E-state index in [4.69, 9.17) is 4.74 Å². The second-order valence-electron chi connectivity index (χ2n) is 2.70. The van der Waals surface area contributed by atoms with Gasteiger partial charge >= 0.3 is 0 Å². The number of aromatic nitrogens is 2. The normalized spacial score (nSPS) is 23.8. The lowest BCUT2D eigenvalue weighted by Gasteiger charge is -2.22. The Morgan fingerprint density at radius 1 is 1.58 bits per heavy atom. The third-order valence-electron chi connectivity index (χ3n) is 1.86. The fraction of sp³-hybridized carbons (Fsp3) is 0.500. The predicted octanol–water partition coefficient (Wildman–Crippen LogP) is 0.138. The molecule has 1 aliphatic rings. The van der Waals surface area contributed by atoms with Crippen molar-refractivity contribution in [1.82, 2.24) is 15.3 Å². The molecule has 0 aromatic carbocycles. The number of ether oxygens (including phenoxy) is 1. The summed E-state index contributed by atoms with van der Waals surface area (Å²) in [6.07, 6.45) is 3.38. The van der Waals surface area contributed by atoms with Gasteiger partial charge in [0.15, 0.2) is 0 Å². The Hall–Kier alpha value is -1.00. The zero-order chi connectivity index (χ0) is 8.23. The lowest BCUT2D eigenvalue weighted by molar-refractivity contribution is 0.0249. The fourth-order valence-corrected chi connectivity index (χ4v) is 1.25. The molecule has 1 saturated heterocycles. The van der Waals surface area contributed by atoms with Gasteiger partial charge in [0, 0.05) is 19.3 Å². The molecule has 1 aromatic heterocycles. The Bertz CT molecular complexity index is 233. The molecule has 0 spiro atoms. The fourth-order valence-electron chi connectivity index (χ4n) is 1.25. The van der Waals surface area contributed by atoms with E-state index < -0.39 is 0 Å². The summed E-state index contributed by atoms with van der Waals surface area (Å²) >= 11 is 0. The van der Waals surface area contributed by atoms with Crippen molar-refractivity contribution >= 4 is 0 Å². The van der Waals surface area contributed by atoms with E-state index in [-0.39, 0.29) is 6.10 Å². The van der Waals surface area contributed by atoms with Crippen LogP contribution in [0.1, 0.15) is 11.8 Å². The lowest BCUT2D eigenvalue weighted by Crippen LogP contribution is -2.33. The summed E-state index contributed by atoms with van der Waals surface area (Å²) in [4.78, 5) is 7.98. The van der Waals surface area contributed by atoms with E-state index in [1.165, 1.54) is 0 Å². The molecular formula is C8H11N3O. The number of hydrogen-bond donors (Lipinski definition) is 1. The van der Waals surface area contributed by atoms with Crippen molar-refractivity contribution < 1.29 is 4.74 Å². The van der Waals surface area contributed by atoms with Gasteiger partial charge < -0.3 is 10.1 Å². The Labute approximate surface area is 71.0 Å². The second-order valence-corrected chi connectivity index (χ2v) is 2.70. The average molecular weight is 165 g/mol. The van der Waals surface area contributed by atoms with Crippen LogP contribution in [-0.4, -0.2) is 29.7 Å². The predicted molar refractivity (Wildman–Crippen MR) is 43.6 cm³/mol. The summed E-state index contributed by atoms with van der Waals surface area (Å²) in [5.41, 5.74) is 0.956. The molecule has 4 nitrogen and oxygen atoms in total. The molecule has 2 heterocycles. The number of rotatable bonds is 1. The molecule has 64 valence electrons. The van der Waals surface area contributed by atoms with Gasteiger partial charge in [0.2, 0.25) is 0 Å². The number of morpholine rings is 1. The Morgan fingerprint density at radius 3 is 3.25 bits per heavy atom. The highest BCUT2D eigenvalue weighted by molar-refractivity contribution is 5.03. The summed E-state index contributed by atoms with van der Waals surface area (Å²) in [6.45, 7) is 2.53. The van der Waals surface area contributed by atoms with Gasteiger partial charge in [0.25, 0.3) is 0 Å². The highest BCUT2D eigenvalue weighted by Gasteiger charge is 2.15. The maximum absolute atomic E-state index is 5.51. The summed E-state index contributed by atoms with van der Waals surface area (Å²) in [7, 11) is 0. The number of nitrogens with one attached hydrogen (secondary N) is 1. The van der Waals surface area contributed by atoms with Crippen LogP contribution >= 0.6 is 0 Å². The van der Waals surface area contributed by atoms with Crippen molar-refractivity contribution in [3.63, 3.8) is 0 Å². The van der Waals surface area contributed by atoms with Gasteiger partial charge in [-0.15, -0.1) is 0 Å². The van der Waals surface area contributed by atoms with Gasteiger partial charge in [0.1, 0.15) is 12.4 Å². The van der Waals surface area contributed by atoms with Crippen LogP contribution in [0.4, 0.5) is 0 Å². The van der Waals surface area contributed by atoms with Gasteiger partial charge in [-0.2, -0.15) is 0 Å². The van der Waals surface area contributed by atoms with Crippen LogP contribution in [0.15, 0.2) is 18.6 Å². The Kier molecular flexibility index (Phi) is 2.29. The van der Waals surface area contributed by atoms with E-state index >= 15 is 0 Å². The SMILES string of the molecule is c1cc(C2CNCCO2)ncn1. The minimum Gasteiger partial charge on any atom is -0.369 e. The van der Waals surface area contributed by atoms with E-state index in [2.05, 4.69) is 15.3 Å². The van der Waals surface area contributed by atoms with Gasteiger partial charge in [0.05, 0.1) is 12.3 Å². The molecule has 12 heavy (non-hydrogen) atoms. The van der Waals surface area contributed by atoms with Gasteiger partial charge in [-0.1, -0.05) is 0 Å². The van der Waals surface area contributed by atoms with Crippen LogP contribution in [0.25, 0.3) is 0 Å². The average Bonchev–Trinajstić information content (AvgIpc) is 2.21. The maximum atomic E-state index is 5.51. The maximum Gasteiger partial charge on any atom is 0.115 e. The van der Waals surface area contributed by atoms with E-state index in [1.54, 1.807) is 12.5 Å². The van der Waals surface area contributed by atoms with Crippen LogP contribution < -0.4 is 5.32 Å². The first-order chi connectivity index (χ1) is 5.97. The molecule has 1 atom stereocenters. The Morgan fingerprint density at radius 2 is 2.58 bits per heavy atom. The molecule has 0 radical (unpaired) electrons. The van der Waals surface area contributed by atoms with Crippen LogP contribution in [0.2, 0.25) is 0 Å². The highest BCUT2D eigenvalue weighted by Crippen LogP contribution is 2.14. The summed E-state index contributed by atoms with van der Waals surface area (Å²) in [5.74, 6) is 0. The second kappa shape index (κ2) is 3.60. The Balaban J connectivity index is 2.08. The molecule has 1 fully saturated rings. The van der Waals surface area contributed by atoms with Crippen LogP contribution in [0, 0.1) is 0 Å². The topological polar surface area (TPSA) is 47.0 Å². The van der Waals surface area contributed by atoms with Crippen molar-refractivity contribution in [1.29, 1.82) is 0 Å². The van der Waals surface area contributed by atoms with Crippen molar-refractivity contribution in [2.45, 2.75) is 6.10 Å². The van der Waals surface area contributed by atoms with Crippen LogP contribution in [-0.2, 0) is 4.74 Å². The summed E-state index contributed by atoms with van der Waals surface area (Å²) in [5, 5.41) is 3.25. The number of nitrogens with zero attached hydrogens (tertiary/aromatic N) is 2. The lowest BCUT2D eigenvalue weighted by atomic mass is 10.2. The minimum atomic E-state index is 0.0988. The zero-order valence-electron chi connectivity index (χ0n) is 6.73. The standard InChI is InChI=1S/C8H11N3O/c1-2-10-6-11-7(1)8-5-9-3-4-12-8/h1-2,6,8-9H,3-5H2. The first kappa shape index (κ1) is 7.64. The largest absolute Gasteiger partial charge is 0.369 e. The first-order valence-corrected chi connectivity index (χ1v) is 4.05. The van der Waals surface area contributed by atoms with Crippen molar-refractivity contribution in [2.75, 3.05) is 19.7 Å². The molecule has 2 rings (SSSR count). The van der Waals surface area contributed by atoms with Crippen molar-refractivity contribution in [3.05, 3.63) is 24.3 Å². The molecule has 1 unspecified atom stereocenters. The molecule has 0 aliphatic carbocycles. The summed E-state index contributed by atoms with van der Waals surface area (Å²) in [6, 6.07) is 1.89. The van der Waals surface area contributed by atoms with Crippen molar-refractivity contribution in [3.8, 4) is 0 Å². The molecule has 1 N–H and O–H groups in total. The third kappa shape index (κ3) is 1.60. The molecule has 4 heteroatoms. The van der Waals surface area contributed by atoms with Crippen molar-refractivity contribution in [2.24, 2.45) is 0 Å². The van der Waals surface area contributed by atoms with E-state index in [0.29, 0.717) is 0 Å². The third-order valence-corrected chi connectivity index (χ3v) is 1.86. The minimum absolute atomic E-state index is 0.0988. The molecular weight excluding hydrogens is 154 g/mol. The molecule has 0 amide bonds. The first-order valence-electron chi connectivity index (χ1n) is 4.05. The molecule has 0 bridgehead atoms. The van der Waals surface area contributed by atoms with E-state index in [1.807, 2.05) is 6.07 Å². The smallest absolute Gasteiger partial charge is 0.115 e. The number of hydrogen-bond acceptors (Lipinski definition) is 4. The van der Waals surface area contributed by atoms with Gasteiger partial charge in [-0.25, -0.2) is 9.97 Å². The highest BCUT2D eigenvalue weighted by atomic mass is 16.5. The van der Waals surface area contributed by atoms with Crippen LogP contribution in [0.3, 0.4) is 0 Å². The van der Waals surface area contributed by atoms with E-state index in [0.717, 1.165) is 25.4 Å². The van der Waals surface area contributed by atoms with Crippen LogP contribution in [0.5, 0.6) is 0 Å². The summed E-state index contributed by atoms with van der Waals surface area (Å²) < 4.78 is 5.51. The molecule has 0 saturated carbocycles. The van der Waals surface area contributed by atoms with Gasteiger partial charge in [-0.05, 0) is 6.07 Å². The zero-order valence-corrected chi connectivity index (χ0v) is 6.73. The van der Waals surface area contributed by atoms with Gasteiger partial charge in [-0.3, -0.25) is 0 Å². The molecule has 1 aromatic rings. The quantitative estimate of drug-likeness (QED) is 0.643. The molecule has 1 aliphatic heterocycles. The monoisotopic (exact) mass is 165 g/mol.